The molecule has 4 rings (SSSR count). The molecule has 1 fully saturated rings. The summed E-state index contributed by atoms with van der Waals surface area (Å²) in [4.78, 5) is 24.1. The Morgan fingerprint density at radius 2 is 1.59 bits per heavy atom. The fraction of sp³-hybridized carbons (Fsp3) is 0.511. The summed E-state index contributed by atoms with van der Waals surface area (Å²) in [6.07, 6.45) is 31.2. The second kappa shape index (κ2) is 21.9. The van der Waals surface area contributed by atoms with Crippen molar-refractivity contribution in [2.75, 3.05) is 25.5 Å². The first kappa shape index (κ1) is 44.6. The molecule has 0 spiro atoms. The number of carbonyl (C=O) groups is 2. The lowest BCUT2D eigenvalue weighted by molar-refractivity contribution is -0.561. The molecule has 7 heteroatoms. The molecule has 2 aliphatic heterocycles. The molecule has 1 aliphatic carbocycles. The van der Waals surface area contributed by atoms with Crippen LogP contribution in [0.1, 0.15) is 118 Å². The number of rotatable bonds is 17. The Morgan fingerprint density at radius 1 is 0.944 bits per heavy atom. The highest BCUT2D eigenvalue weighted by atomic mass is 32.1. The first-order valence-electron chi connectivity index (χ1n) is 20.2. The van der Waals surface area contributed by atoms with Crippen LogP contribution in [0.15, 0.2) is 107 Å². The van der Waals surface area contributed by atoms with Crippen molar-refractivity contribution in [3.05, 3.63) is 113 Å². The number of carbonyl (C=O) groups excluding carboxylic acids is 2. The number of amides is 2. The maximum Gasteiger partial charge on any atom is 0.227 e. The number of benzene rings is 1. The van der Waals surface area contributed by atoms with Crippen molar-refractivity contribution in [1.82, 2.24) is 10.2 Å². The van der Waals surface area contributed by atoms with Crippen LogP contribution in [0.5, 0.6) is 0 Å². The van der Waals surface area contributed by atoms with Crippen LogP contribution in [0, 0.1) is 10.8 Å². The Kier molecular flexibility index (Phi) is 18.1. The molecule has 2 amide bonds. The molecule has 1 aromatic carbocycles. The first-order chi connectivity index (χ1) is 25.7. The molecule has 1 saturated heterocycles. The molecular weight excluding hydrogens is 685 g/mol. The van der Waals surface area contributed by atoms with Crippen molar-refractivity contribution in [2.24, 2.45) is 10.8 Å². The lowest BCUT2D eigenvalue weighted by atomic mass is 9.81. The van der Waals surface area contributed by atoms with Gasteiger partial charge in [-0.15, -0.1) is 19.2 Å². The van der Waals surface area contributed by atoms with Gasteiger partial charge in [-0.05, 0) is 92.7 Å². The van der Waals surface area contributed by atoms with Crippen LogP contribution in [0.3, 0.4) is 0 Å². The summed E-state index contributed by atoms with van der Waals surface area (Å²) in [5, 5.41) is 5.35. The van der Waals surface area contributed by atoms with E-state index < -0.39 is 0 Å². The quantitative estimate of drug-likeness (QED) is 0.0282. The highest BCUT2D eigenvalue weighted by Crippen LogP contribution is 2.51. The Labute approximate surface area is 333 Å². The normalized spacial score (nSPS) is 18.4. The zero-order chi connectivity index (χ0) is 39.7. The first-order valence-corrected chi connectivity index (χ1v) is 20.6. The van der Waals surface area contributed by atoms with Gasteiger partial charge < -0.3 is 10.2 Å². The van der Waals surface area contributed by atoms with E-state index in [1.807, 2.05) is 13.1 Å². The molecule has 0 radical (unpaired) electrons. The summed E-state index contributed by atoms with van der Waals surface area (Å²) in [5.74, 6) is -0.296. The standard InChI is InChI=1S/C43H63N3S.C4H5NO2/c1-10-11-12-13-17-20-31-46-39-30-29-37(47)33-38(39)43(7,8)41(46)24-19-16-14-15-18-23-40(42(4,5)6)45(34(2)3)32-21-22-35-25-27-36(44-9)28-26-35;6-3-1-2-4(7)5-3/h10,14-16,18-19,23-28,33-34,44H,1,11-13,17,20-22,29-32H2,2-9H3;1-2H2,(H,5,6,7)/p+1. The van der Waals surface area contributed by atoms with Crippen molar-refractivity contribution in [2.45, 2.75) is 125 Å². The van der Waals surface area contributed by atoms with Crippen LogP contribution in [0.25, 0.3) is 0 Å². The number of thiol groups is 1. The third-order valence-electron chi connectivity index (χ3n) is 10.3. The van der Waals surface area contributed by atoms with Gasteiger partial charge in [-0.25, -0.2) is 4.58 Å². The molecule has 0 unspecified atom stereocenters. The van der Waals surface area contributed by atoms with Gasteiger partial charge in [-0.3, -0.25) is 14.9 Å². The van der Waals surface area contributed by atoms with Crippen LogP contribution in [0.2, 0.25) is 0 Å². The van der Waals surface area contributed by atoms with E-state index >= 15 is 0 Å². The van der Waals surface area contributed by atoms with E-state index in [1.165, 1.54) is 58.8 Å². The lowest BCUT2D eigenvalue weighted by Gasteiger charge is -2.29. The largest absolute Gasteiger partial charge is 0.388 e. The van der Waals surface area contributed by atoms with E-state index in [-0.39, 0.29) is 22.6 Å². The molecule has 0 aromatic heterocycles. The van der Waals surface area contributed by atoms with Gasteiger partial charge in [0, 0.05) is 66.8 Å². The molecule has 0 bridgehead atoms. The van der Waals surface area contributed by atoms with Crippen LogP contribution < -0.4 is 10.6 Å². The summed E-state index contributed by atoms with van der Waals surface area (Å²) in [6.45, 7) is 22.3. The van der Waals surface area contributed by atoms with E-state index in [2.05, 4.69) is 148 Å². The number of nitrogens with zero attached hydrogens (tertiary/aromatic N) is 2. The minimum absolute atomic E-state index is 0.0203. The van der Waals surface area contributed by atoms with Gasteiger partial charge in [-0.2, -0.15) is 0 Å². The molecule has 294 valence electrons. The molecule has 54 heavy (non-hydrogen) atoms. The van der Waals surface area contributed by atoms with Gasteiger partial charge in [0.15, 0.2) is 5.71 Å². The van der Waals surface area contributed by atoms with E-state index in [4.69, 9.17) is 12.6 Å². The summed E-state index contributed by atoms with van der Waals surface area (Å²) in [6, 6.07) is 9.26. The monoisotopic (exact) mass is 754 g/mol. The fourth-order valence-electron chi connectivity index (χ4n) is 7.33. The van der Waals surface area contributed by atoms with E-state index in [1.54, 1.807) is 0 Å². The molecule has 0 saturated carbocycles. The zero-order valence-corrected chi connectivity index (χ0v) is 35.5. The van der Waals surface area contributed by atoms with Crippen LogP contribution in [-0.2, 0) is 16.0 Å². The third kappa shape index (κ3) is 13.8. The number of nitrogens with one attached hydrogen (secondary N) is 2. The Morgan fingerprint density at radius 3 is 2.19 bits per heavy atom. The predicted octanol–water partition coefficient (Wildman–Crippen LogP) is 10.9. The average molecular weight is 754 g/mol. The summed E-state index contributed by atoms with van der Waals surface area (Å²) in [7, 11) is 1.97. The highest BCUT2D eigenvalue weighted by Gasteiger charge is 2.41. The Hall–Kier alpha value is -3.84. The van der Waals surface area contributed by atoms with Gasteiger partial charge in [0.1, 0.15) is 12.6 Å². The second-order valence-electron chi connectivity index (χ2n) is 16.4. The van der Waals surface area contributed by atoms with Gasteiger partial charge in [-0.1, -0.05) is 96.0 Å². The summed E-state index contributed by atoms with van der Waals surface area (Å²) < 4.78 is 2.59. The SMILES string of the molecule is C=CCCCCCCN1C2=C(C=C(S)CC2)C(C)(C)\C1=C/C=C/C=C/C=C/C(=[N+](CCCc1ccc(NC)cc1)C(C)C)C(C)(C)C.O=C1CCC(=O)N1. The van der Waals surface area contributed by atoms with Gasteiger partial charge >= 0.3 is 0 Å². The van der Waals surface area contributed by atoms with E-state index in [0.29, 0.717) is 18.9 Å². The Balaban J connectivity index is 0.00000100. The van der Waals surface area contributed by atoms with Gasteiger partial charge in [0.25, 0.3) is 0 Å². The van der Waals surface area contributed by atoms with Crippen LogP contribution in [0.4, 0.5) is 5.69 Å². The van der Waals surface area contributed by atoms with Crippen molar-refractivity contribution in [1.29, 1.82) is 0 Å². The zero-order valence-electron chi connectivity index (χ0n) is 34.6. The number of unbranched alkanes of at least 4 members (excludes halogenated alkanes) is 4. The Bertz CT molecular complexity index is 1630. The highest BCUT2D eigenvalue weighted by molar-refractivity contribution is 7.84. The third-order valence-corrected chi connectivity index (χ3v) is 10.7. The van der Waals surface area contributed by atoms with Crippen molar-refractivity contribution in [3.8, 4) is 0 Å². The summed E-state index contributed by atoms with van der Waals surface area (Å²) >= 11 is 4.75. The van der Waals surface area contributed by atoms with Crippen LogP contribution in [-0.4, -0.2) is 53.2 Å². The van der Waals surface area contributed by atoms with Crippen LogP contribution >= 0.6 is 12.6 Å². The number of hydrogen-bond acceptors (Lipinski definition) is 5. The number of aryl methyl sites for hydroxylation is 1. The maximum absolute atomic E-state index is 10.1. The summed E-state index contributed by atoms with van der Waals surface area (Å²) in [5.41, 5.74) is 8.34. The average Bonchev–Trinajstić information content (AvgIpc) is 3.60. The fourth-order valence-corrected chi connectivity index (χ4v) is 7.57. The molecule has 3 aliphatic rings. The van der Waals surface area contributed by atoms with Gasteiger partial charge in [0.2, 0.25) is 11.8 Å². The van der Waals surface area contributed by atoms with Gasteiger partial charge in [0.05, 0.1) is 0 Å². The molecule has 1 aromatic rings. The van der Waals surface area contributed by atoms with Crippen molar-refractivity contribution < 1.29 is 14.2 Å². The molecule has 2 N–H and O–H groups in total. The minimum Gasteiger partial charge on any atom is -0.388 e. The minimum atomic E-state index is -0.148. The molecule has 0 atom stereocenters. The number of anilines is 1. The molecule has 2 heterocycles. The number of imide groups is 1. The van der Waals surface area contributed by atoms with E-state index in [0.717, 1.165) is 50.9 Å². The number of allylic oxidation sites excluding steroid dienone is 12. The maximum atomic E-state index is 10.1. The second-order valence-corrected chi connectivity index (χ2v) is 17.0. The van der Waals surface area contributed by atoms with Crippen molar-refractivity contribution in [3.63, 3.8) is 0 Å². The van der Waals surface area contributed by atoms with E-state index in [9.17, 15) is 9.59 Å². The predicted molar refractivity (Wildman–Crippen MR) is 234 cm³/mol. The van der Waals surface area contributed by atoms with Crippen molar-refractivity contribution >= 4 is 35.8 Å². The molecular formula is C47H69N4O2S+. The number of hydrogen-bond donors (Lipinski definition) is 3. The molecule has 6 nitrogen and oxygen atoms in total. The topological polar surface area (TPSA) is 64.5 Å². The smallest absolute Gasteiger partial charge is 0.227 e. The lowest BCUT2D eigenvalue weighted by Crippen LogP contribution is -2.35.